The van der Waals surface area contributed by atoms with Crippen LogP contribution in [0, 0.1) is 11.8 Å². The zero-order valence-corrected chi connectivity index (χ0v) is 16.9. The summed E-state index contributed by atoms with van der Waals surface area (Å²) < 4.78 is 38.6. The average molecular weight is 432 g/mol. The summed E-state index contributed by atoms with van der Waals surface area (Å²) in [4.78, 5) is 10.5. The highest BCUT2D eigenvalue weighted by Gasteiger charge is 2.41. The number of carboxylic acid groups (broad SMARTS) is 1. The summed E-state index contributed by atoms with van der Waals surface area (Å²) in [5, 5.41) is 39.6. The third-order valence-corrected chi connectivity index (χ3v) is 6.07. The first-order chi connectivity index (χ1) is 14.1. The van der Waals surface area contributed by atoms with Crippen LogP contribution in [0.3, 0.4) is 0 Å². The molecule has 0 bridgehead atoms. The van der Waals surface area contributed by atoms with Crippen molar-refractivity contribution in [1.29, 1.82) is 0 Å². The van der Waals surface area contributed by atoms with Crippen LogP contribution in [0.1, 0.15) is 75.0 Å². The Kier molecular flexibility index (Phi) is 9.12. The third kappa shape index (κ3) is 7.25. The Bertz CT molecular complexity index is 679. The lowest BCUT2D eigenvalue weighted by Crippen LogP contribution is -2.23. The molecule has 1 aliphatic carbocycles. The predicted molar refractivity (Wildman–Crippen MR) is 105 cm³/mol. The molecular formula is C22H31F3O5. The van der Waals surface area contributed by atoms with E-state index in [4.69, 9.17) is 5.11 Å². The van der Waals surface area contributed by atoms with Crippen molar-refractivity contribution >= 4 is 5.97 Å². The lowest BCUT2D eigenvalue weighted by Gasteiger charge is -2.25. The number of aliphatic hydroxyl groups excluding tert-OH is 3. The second-order valence-electron chi connectivity index (χ2n) is 8.26. The number of halogens is 3. The monoisotopic (exact) mass is 432 g/mol. The maximum atomic E-state index is 12.9. The standard InChI is InChI=1S/C22H31F3O5/c23-22(24,25)15-7-5-6-14(12-15)18(26)11-10-17-16(19(27)13-20(17)28)8-3-1-2-4-9-21(29)30/h5-7,12,16-20,26-28H,1-4,8-11,13H2,(H,29,30)/t16?,17?,18?,19-,20+/m0/s1. The van der Waals surface area contributed by atoms with Crippen molar-refractivity contribution < 1.29 is 38.4 Å². The molecule has 0 radical (unpaired) electrons. The van der Waals surface area contributed by atoms with E-state index in [0.29, 0.717) is 19.3 Å². The quantitative estimate of drug-likeness (QED) is 0.391. The second kappa shape index (κ2) is 11.1. The first kappa shape index (κ1) is 24.6. The van der Waals surface area contributed by atoms with Crippen LogP contribution in [0.5, 0.6) is 0 Å². The summed E-state index contributed by atoms with van der Waals surface area (Å²) in [6.45, 7) is 0. The Morgan fingerprint density at radius 1 is 1.03 bits per heavy atom. The van der Waals surface area contributed by atoms with Gasteiger partial charge in [-0.25, -0.2) is 0 Å². The molecule has 0 aromatic heterocycles. The van der Waals surface area contributed by atoms with Gasteiger partial charge in [-0.1, -0.05) is 31.4 Å². The van der Waals surface area contributed by atoms with Crippen molar-refractivity contribution in [1.82, 2.24) is 0 Å². The lowest BCUT2D eigenvalue weighted by molar-refractivity contribution is -0.138. The number of rotatable bonds is 11. The fourth-order valence-corrected chi connectivity index (χ4v) is 4.43. The summed E-state index contributed by atoms with van der Waals surface area (Å²) in [6, 6.07) is 4.62. The van der Waals surface area contributed by atoms with Gasteiger partial charge in [0.25, 0.3) is 0 Å². The van der Waals surface area contributed by atoms with Gasteiger partial charge in [-0.15, -0.1) is 0 Å². The van der Waals surface area contributed by atoms with Gasteiger partial charge >= 0.3 is 12.1 Å². The van der Waals surface area contributed by atoms with Crippen molar-refractivity contribution in [2.45, 2.75) is 82.3 Å². The molecule has 1 aromatic rings. The van der Waals surface area contributed by atoms with Gasteiger partial charge in [0.05, 0.1) is 23.9 Å². The van der Waals surface area contributed by atoms with Gasteiger partial charge in [-0.3, -0.25) is 4.79 Å². The van der Waals surface area contributed by atoms with E-state index in [1.54, 1.807) is 0 Å². The summed E-state index contributed by atoms with van der Waals surface area (Å²) >= 11 is 0. The van der Waals surface area contributed by atoms with E-state index < -0.39 is 36.0 Å². The van der Waals surface area contributed by atoms with Crippen LogP contribution in [0.2, 0.25) is 0 Å². The minimum atomic E-state index is -4.48. The van der Waals surface area contributed by atoms with Crippen LogP contribution in [-0.4, -0.2) is 38.6 Å². The Morgan fingerprint density at radius 2 is 1.67 bits per heavy atom. The molecule has 1 fully saturated rings. The Morgan fingerprint density at radius 3 is 2.30 bits per heavy atom. The number of hydrogen-bond acceptors (Lipinski definition) is 4. The fraction of sp³-hybridized carbons (Fsp3) is 0.682. The van der Waals surface area contributed by atoms with E-state index in [1.165, 1.54) is 12.1 Å². The van der Waals surface area contributed by atoms with Crippen LogP contribution in [0.15, 0.2) is 24.3 Å². The molecule has 8 heteroatoms. The SMILES string of the molecule is O=C(O)CCCCCCC1C(CCC(O)c2cccc(C(F)(F)F)c2)[C@H](O)C[C@@H]1O. The fourth-order valence-electron chi connectivity index (χ4n) is 4.43. The first-order valence-corrected chi connectivity index (χ1v) is 10.5. The molecule has 0 heterocycles. The van der Waals surface area contributed by atoms with Gasteiger partial charge in [0.1, 0.15) is 0 Å². The number of alkyl halides is 3. The molecule has 2 rings (SSSR count). The molecule has 1 saturated carbocycles. The summed E-state index contributed by atoms with van der Waals surface area (Å²) in [6.07, 6.45) is -2.16. The van der Waals surface area contributed by atoms with E-state index in [2.05, 4.69) is 0 Å². The molecule has 1 aromatic carbocycles. The lowest BCUT2D eigenvalue weighted by atomic mass is 9.84. The second-order valence-corrected chi connectivity index (χ2v) is 8.26. The molecule has 4 N–H and O–H groups in total. The minimum Gasteiger partial charge on any atom is -0.481 e. The molecule has 5 atom stereocenters. The Labute approximate surface area is 174 Å². The van der Waals surface area contributed by atoms with Gasteiger partial charge in [-0.2, -0.15) is 13.2 Å². The van der Waals surface area contributed by atoms with Gasteiger partial charge in [0.15, 0.2) is 0 Å². The molecular weight excluding hydrogens is 401 g/mol. The average Bonchev–Trinajstić information content (AvgIpc) is 2.94. The number of hydrogen-bond donors (Lipinski definition) is 4. The summed E-state index contributed by atoms with van der Waals surface area (Å²) in [5.41, 5.74) is -0.621. The topological polar surface area (TPSA) is 98.0 Å². The normalized spacial score (nSPS) is 25.4. The highest BCUT2D eigenvalue weighted by Crippen LogP contribution is 2.40. The van der Waals surface area contributed by atoms with Crippen molar-refractivity contribution in [2.75, 3.05) is 0 Å². The molecule has 30 heavy (non-hydrogen) atoms. The van der Waals surface area contributed by atoms with Gasteiger partial charge in [-0.05, 0) is 61.6 Å². The number of carboxylic acids is 1. The molecule has 3 unspecified atom stereocenters. The molecule has 0 spiro atoms. The maximum Gasteiger partial charge on any atom is 0.416 e. The van der Waals surface area contributed by atoms with Gasteiger partial charge in [0.2, 0.25) is 0 Å². The zero-order chi connectivity index (χ0) is 22.3. The highest BCUT2D eigenvalue weighted by molar-refractivity contribution is 5.66. The van der Waals surface area contributed by atoms with E-state index in [-0.39, 0.29) is 36.7 Å². The zero-order valence-electron chi connectivity index (χ0n) is 16.9. The number of unbranched alkanes of at least 4 members (excludes halogenated alkanes) is 3. The summed E-state index contributed by atoms with van der Waals surface area (Å²) in [7, 11) is 0. The van der Waals surface area contributed by atoms with E-state index in [1.807, 2.05) is 0 Å². The third-order valence-electron chi connectivity index (χ3n) is 6.07. The van der Waals surface area contributed by atoms with Crippen LogP contribution in [0.4, 0.5) is 13.2 Å². The molecule has 0 aliphatic heterocycles. The van der Waals surface area contributed by atoms with Crippen LogP contribution < -0.4 is 0 Å². The number of benzene rings is 1. The number of aliphatic hydroxyl groups is 3. The first-order valence-electron chi connectivity index (χ1n) is 10.5. The molecule has 0 amide bonds. The molecule has 1 aliphatic rings. The van der Waals surface area contributed by atoms with Crippen LogP contribution in [-0.2, 0) is 11.0 Å². The Balaban J connectivity index is 1.86. The van der Waals surface area contributed by atoms with Crippen molar-refractivity contribution in [3.63, 3.8) is 0 Å². The van der Waals surface area contributed by atoms with Crippen molar-refractivity contribution in [2.24, 2.45) is 11.8 Å². The maximum absolute atomic E-state index is 12.9. The number of carbonyl (C=O) groups is 1. The van der Waals surface area contributed by atoms with Crippen molar-refractivity contribution in [3.8, 4) is 0 Å². The predicted octanol–water partition coefficient (Wildman–Crippen LogP) is 4.30. The van der Waals surface area contributed by atoms with Gasteiger partial charge in [0, 0.05) is 6.42 Å². The highest BCUT2D eigenvalue weighted by atomic mass is 19.4. The van der Waals surface area contributed by atoms with E-state index in [9.17, 15) is 33.3 Å². The minimum absolute atomic E-state index is 0.131. The van der Waals surface area contributed by atoms with Crippen LogP contribution >= 0.6 is 0 Å². The largest absolute Gasteiger partial charge is 0.481 e. The van der Waals surface area contributed by atoms with Gasteiger partial charge < -0.3 is 20.4 Å². The van der Waals surface area contributed by atoms with E-state index >= 15 is 0 Å². The van der Waals surface area contributed by atoms with E-state index in [0.717, 1.165) is 31.4 Å². The summed E-state index contributed by atoms with van der Waals surface area (Å²) in [5.74, 6) is -1.17. The molecule has 5 nitrogen and oxygen atoms in total. The molecule has 170 valence electrons. The molecule has 0 saturated heterocycles. The van der Waals surface area contributed by atoms with Crippen LogP contribution in [0.25, 0.3) is 0 Å². The Hall–Kier alpha value is -1.64. The number of aliphatic carboxylic acids is 1. The van der Waals surface area contributed by atoms with Crippen molar-refractivity contribution in [3.05, 3.63) is 35.4 Å². The smallest absolute Gasteiger partial charge is 0.416 e.